The predicted octanol–water partition coefficient (Wildman–Crippen LogP) is 3.03. The molecule has 1 unspecified atom stereocenters. The minimum atomic E-state index is -1.34. The van der Waals surface area contributed by atoms with E-state index in [1.54, 1.807) is 22.0 Å². The van der Waals surface area contributed by atoms with E-state index in [1.165, 1.54) is 19.1 Å². The lowest BCUT2D eigenvalue weighted by Crippen LogP contribution is -2.48. The third-order valence-electron chi connectivity index (χ3n) is 10.0. The smallest absolute Gasteiger partial charge is 0.253 e. The second-order valence-corrected chi connectivity index (χ2v) is 13.6. The van der Waals surface area contributed by atoms with Gasteiger partial charge < -0.3 is 24.6 Å². The van der Waals surface area contributed by atoms with E-state index < -0.39 is 41.5 Å². The molecule has 7 rings (SSSR count). The van der Waals surface area contributed by atoms with E-state index in [9.17, 15) is 23.9 Å². The molecule has 15 heteroatoms. The fourth-order valence-electron chi connectivity index (χ4n) is 7.38. The van der Waals surface area contributed by atoms with E-state index in [2.05, 4.69) is 15.6 Å². The summed E-state index contributed by atoms with van der Waals surface area (Å²) in [5, 5.41) is 22.8. The van der Waals surface area contributed by atoms with Crippen LogP contribution < -0.4 is 5.32 Å². The fourth-order valence-corrected chi connectivity index (χ4v) is 7.38. The number of aromatic nitrogens is 5. The van der Waals surface area contributed by atoms with Gasteiger partial charge in [0.15, 0.2) is 0 Å². The summed E-state index contributed by atoms with van der Waals surface area (Å²) in [4.78, 5) is 46.2. The highest BCUT2D eigenvalue weighted by atomic mass is 19.1. The Kier molecular flexibility index (Phi) is 10.3. The predicted molar refractivity (Wildman–Crippen MR) is 183 cm³/mol. The SMILES string of the molecule is C[C@H](O)C(=O)N(C[C@@H]1CNC[C@H]1n1cc(CN2C(=O)C=CC2=O)nn1)C(c1nc(-c2cc(F)ccc2F)cn1Cc1ccccc1)C1CCOCC1. The van der Waals surface area contributed by atoms with E-state index in [4.69, 9.17) is 9.72 Å². The van der Waals surface area contributed by atoms with Crippen molar-refractivity contribution in [1.82, 2.24) is 39.7 Å². The van der Waals surface area contributed by atoms with Crippen LogP contribution in [0.25, 0.3) is 11.3 Å². The molecule has 0 aliphatic carbocycles. The molecule has 4 atom stereocenters. The fraction of sp³-hybridized carbons (Fsp3) is 0.405. The molecule has 3 aliphatic rings. The van der Waals surface area contributed by atoms with E-state index >= 15 is 4.39 Å². The first-order valence-electron chi connectivity index (χ1n) is 17.4. The molecule has 2 aromatic carbocycles. The molecular weight excluding hydrogens is 674 g/mol. The number of benzene rings is 2. The lowest BCUT2D eigenvalue weighted by Gasteiger charge is -2.40. The van der Waals surface area contributed by atoms with Gasteiger partial charge in [0.1, 0.15) is 29.3 Å². The van der Waals surface area contributed by atoms with Crippen molar-refractivity contribution in [2.24, 2.45) is 11.8 Å². The first-order chi connectivity index (χ1) is 25.2. The Morgan fingerprint density at radius 1 is 1.04 bits per heavy atom. The first kappa shape index (κ1) is 35.3. The van der Waals surface area contributed by atoms with Crippen molar-refractivity contribution in [3.8, 4) is 11.3 Å². The third kappa shape index (κ3) is 7.43. The van der Waals surface area contributed by atoms with Crippen LogP contribution >= 0.6 is 0 Å². The number of carbonyl (C=O) groups is 3. The van der Waals surface area contributed by atoms with Gasteiger partial charge in [0, 0.05) is 69.2 Å². The highest BCUT2D eigenvalue weighted by molar-refractivity contribution is 6.12. The largest absolute Gasteiger partial charge is 0.384 e. The molecule has 2 fully saturated rings. The van der Waals surface area contributed by atoms with Crippen LogP contribution in [-0.2, 0) is 32.2 Å². The summed E-state index contributed by atoms with van der Waals surface area (Å²) in [6, 6.07) is 12.0. The van der Waals surface area contributed by atoms with Gasteiger partial charge in [0.25, 0.3) is 17.7 Å². The number of aliphatic hydroxyl groups is 1. The molecule has 2 aromatic heterocycles. The molecule has 2 N–H and O–H groups in total. The van der Waals surface area contributed by atoms with Gasteiger partial charge >= 0.3 is 0 Å². The van der Waals surface area contributed by atoms with Crippen LogP contribution in [-0.4, -0.2) is 96.1 Å². The molecule has 3 aliphatic heterocycles. The quantitative estimate of drug-likeness (QED) is 0.212. The summed E-state index contributed by atoms with van der Waals surface area (Å²) in [7, 11) is 0. The average Bonchev–Trinajstić information content (AvgIpc) is 3.96. The highest BCUT2D eigenvalue weighted by Crippen LogP contribution is 2.39. The molecule has 0 bridgehead atoms. The molecule has 13 nitrogen and oxygen atoms in total. The number of carbonyl (C=O) groups excluding carboxylic acids is 3. The highest BCUT2D eigenvalue weighted by Gasteiger charge is 2.41. The van der Waals surface area contributed by atoms with Gasteiger partial charge in [-0.05, 0) is 49.4 Å². The van der Waals surface area contributed by atoms with Crippen molar-refractivity contribution >= 4 is 17.7 Å². The van der Waals surface area contributed by atoms with E-state index in [0.717, 1.165) is 28.7 Å². The number of amides is 3. The summed E-state index contributed by atoms with van der Waals surface area (Å²) in [5.74, 6) is -2.40. The Morgan fingerprint density at radius 2 is 1.79 bits per heavy atom. The van der Waals surface area contributed by atoms with E-state index in [1.807, 2.05) is 34.9 Å². The van der Waals surface area contributed by atoms with Gasteiger partial charge in [-0.15, -0.1) is 5.10 Å². The normalized spacial score (nSPS) is 20.5. The van der Waals surface area contributed by atoms with Crippen molar-refractivity contribution in [2.45, 2.75) is 51.0 Å². The minimum absolute atomic E-state index is 0.00217. The number of ether oxygens (including phenoxy) is 1. The van der Waals surface area contributed by atoms with Crippen molar-refractivity contribution in [3.05, 3.63) is 102 Å². The summed E-state index contributed by atoms with van der Waals surface area (Å²) in [5.41, 5.74) is 1.61. The van der Waals surface area contributed by atoms with Crippen molar-refractivity contribution in [3.63, 3.8) is 0 Å². The molecule has 52 heavy (non-hydrogen) atoms. The molecular formula is C37H40F2N8O5. The zero-order valence-corrected chi connectivity index (χ0v) is 28.6. The standard InChI is InChI=1S/C37H40F2N8O5/c1-23(48)37(51)46(19-26-16-40-17-32(26)47-21-28(42-43-47)20-45-33(49)9-10-34(45)50)35(25-11-13-52-14-12-25)36-41-31(29-15-27(38)7-8-30(29)39)22-44(36)18-24-5-3-2-4-6-24/h2-10,15,21-23,25-26,32,35,40,48H,11-14,16-20H2,1H3/t23-,26-,32+,35?/m0/s1. The van der Waals surface area contributed by atoms with Crippen LogP contribution in [0.5, 0.6) is 0 Å². The number of imide groups is 1. The molecule has 0 spiro atoms. The molecule has 4 aromatic rings. The molecule has 272 valence electrons. The van der Waals surface area contributed by atoms with Gasteiger partial charge in [-0.2, -0.15) is 0 Å². The molecule has 2 saturated heterocycles. The number of aliphatic hydroxyl groups excluding tert-OH is 1. The van der Waals surface area contributed by atoms with Crippen LogP contribution in [0, 0.1) is 23.5 Å². The van der Waals surface area contributed by atoms with Crippen molar-refractivity contribution in [1.29, 1.82) is 0 Å². The van der Waals surface area contributed by atoms with Crippen LogP contribution in [0.2, 0.25) is 0 Å². The number of nitrogens with one attached hydrogen (secondary N) is 1. The molecule has 0 saturated carbocycles. The number of halogens is 2. The zero-order chi connectivity index (χ0) is 36.4. The zero-order valence-electron chi connectivity index (χ0n) is 28.6. The number of nitrogens with zero attached hydrogens (tertiary/aromatic N) is 7. The second kappa shape index (κ2) is 15.2. The van der Waals surface area contributed by atoms with Crippen molar-refractivity contribution < 1.29 is 33.0 Å². The van der Waals surface area contributed by atoms with E-state index in [-0.39, 0.29) is 42.2 Å². The summed E-state index contributed by atoms with van der Waals surface area (Å²) in [6.07, 6.45) is 5.71. The van der Waals surface area contributed by atoms with Crippen LogP contribution in [0.15, 0.2) is 73.1 Å². The Labute approximate surface area is 298 Å². The lowest BCUT2D eigenvalue weighted by molar-refractivity contribution is -0.145. The number of imidazole rings is 1. The van der Waals surface area contributed by atoms with Crippen LogP contribution in [0.4, 0.5) is 8.78 Å². The minimum Gasteiger partial charge on any atom is -0.384 e. The maximum atomic E-state index is 15.2. The third-order valence-corrected chi connectivity index (χ3v) is 10.0. The molecule has 5 heterocycles. The van der Waals surface area contributed by atoms with Gasteiger partial charge in [-0.3, -0.25) is 19.3 Å². The van der Waals surface area contributed by atoms with Gasteiger partial charge in [0.2, 0.25) is 0 Å². The summed E-state index contributed by atoms with van der Waals surface area (Å²) < 4.78 is 39.0. The number of hydrogen-bond donors (Lipinski definition) is 2. The topological polar surface area (TPSA) is 148 Å². The van der Waals surface area contributed by atoms with Gasteiger partial charge in [-0.25, -0.2) is 18.4 Å². The van der Waals surface area contributed by atoms with Gasteiger partial charge in [0.05, 0.1) is 30.5 Å². The molecule has 3 amide bonds. The Balaban J connectivity index is 1.26. The van der Waals surface area contributed by atoms with Crippen LogP contribution in [0.1, 0.15) is 48.9 Å². The summed E-state index contributed by atoms with van der Waals surface area (Å²) >= 11 is 0. The Hall–Kier alpha value is -5.12. The second-order valence-electron chi connectivity index (χ2n) is 13.6. The number of hydrogen-bond acceptors (Lipinski definition) is 9. The number of rotatable bonds is 12. The van der Waals surface area contributed by atoms with E-state index in [0.29, 0.717) is 57.2 Å². The molecule has 0 radical (unpaired) electrons. The maximum absolute atomic E-state index is 15.2. The maximum Gasteiger partial charge on any atom is 0.253 e. The van der Waals surface area contributed by atoms with Gasteiger partial charge in [-0.1, -0.05) is 35.5 Å². The Morgan fingerprint density at radius 3 is 2.52 bits per heavy atom. The lowest BCUT2D eigenvalue weighted by atomic mass is 9.88. The van der Waals surface area contributed by atoms with Crippen LogP contribution in [0.3, 0.4) is 0 Å². The first-order valence-corrected chi connectivity index (χ1v) is 17.4. The Bertz CT molecular complexity index is 1940. The summed E-state index contributed by atoms with van der Waals surface area (Å²) in [6.45, 7) is 3.94. The van der Waals surface area contributed by atoms with Crippen molar-refractivity contribution in [2.75, 3.05) is 32.8 Å². The monoisotopic (exact) mass is 714 g/mol. The average molecular weight is 715 g/mol.